The number of nitrogens with zero attached hydrogens (tertiary/aromatic N) is 2. The molecule has 0 radical (unpaired) electrons. The monoisotopic (exact) mass is 450 g/mol. The van der Waals surface area contributed by atoms with Gasteiger partial charge in [-0.3, -0.25) is 9.36 Å². The number of thioether (sulfide) groups is 1. The smallest absolute Gasteiger partial charge is 0.263 e. The van der Waals surface area contributed by atoms with Crippen LogP contribution < -0.4 is 15.0 Å². The SMILES string of the molecule is C=CCn1c(SCCOc2cccc(OC)c2)nc2sc(-c3ccccc3)cc2c1=O. The molecule has 0 aliphatic carbocycles. The number of hydrogen-bond acceptors (Lipinski definition) is 6. The highest BCUT2D eigenvalue weighted by Gasteiger charge is 2.15. The van der Waals surface area contributed by atoms with Gasteiger partial charge in [0, 0.05) is 23.2 Å². The molecule has 158 valence electrons. The van der Waals surface area contributed by atoms with Gasteiger partial charge in [-0.05, 0) is 23.8 Å². The molecule has 0 aliphatic heterocycles. The van der Waals surface area contributed by atoms with Gasteiger partial charge in [-0.25, -0.2) is 4.98 Å². The molecule has 0 unspecified atom stereocenters. The Bertz CT molecular complexity index is 1250. The zero-order chi connectivity index (χ0) is 21.6. The number of methoxy groups -OCH3 is 1. The largest absolute Gasteiger partial charge is 0.497 e. The second kappa shape index (κ2) is 9.85. The van der Waals surface area contributed by atoms with E-state index in [0.717, 1.165) is 26.8 Å². The van der Waals surface area contributed by atoms with Crippen LogP contribution in [0.4, 0.5) is 0 Å². The molecule has 7 heteroatoms. The van der Waals surface area contributed by atoms with Crippen molar-refractivity contribution in [1.82, 2.24) is 9.55 Å². The summed E-state index contributed by atoms with van der Waals surface area (Å²) in [6.45, 7) is 4.69. The number of ether oxygens (including phenoxy) is 2. The minimum absolute atomic E-state index is 0.0421. The minimum Gasteiger partial charge on any atom is -0.497 e. The Kier molecular flexibility index (Phi) is 6.74. The van der Waals surface area contributed by atoms with Gasteiger partial charge >= 0.3 is 0 Å². The van der Waals surface area contributed by atoms with Gasteiger partial charge in [0.05, 0.1) is 19.1 Å². The Hall–Kier alpha value is -3.03. The molecular formula is C24H22N2O3S2. The lowest BCUT2D eigenvalue weighted by Gasteiger charge is -2.11. The Morgan fingerprint density at radius 3 is 2.71 bits per heavy atom. The van der Waals surface area contributed by atoms with Crippen molar-refractivity contribution < 1.29 is 9.47 Å². The van der Waals surface area contributed by atoms with Gasteiger partial charge < -0.3 is 9.47 Å². The predicted octanol–water partition coefficient (Wildman–Crippen LogP) is 5.49. The Morgan fingerprint density at radius 2 is 1.94 bits per heavy atom. The van der Waals surface area contributed by atoms with Crippen molar-refractivity contribution in [3.05, 3.63) is 83.7 Å². The van der Waals surface area contributed by atoms with Gasteiger partial charge in [-0.15, -0.1) is 17.9 Å². The first-order valence-electron chi connectivity index (χ1n) is 9.80. The molecule has 2 heterocycles. The highest BCUT2D eigenvalue weighted by atomic mass is 32.2. The van der Waals surface area contributed by atoms with E-state index in [1.54, 1.807) is 17.8 Å². The lowest BCUT2D eigenvalue weighted by atomic mass is 10.2. The number of hydrogen-bond donors (Lipinski definition) is 0. The van der Waals surface area contributed by atoms with E-state index in [1.807, 2.05) is 60.7 Å². The maximum atomic E-state index is 13.1. The van der Waals surface area contributed by atoms with Crippen molar-refractivity contribution in [1.29, 1.82) is 0 Å². The Labute approximate surface area is 189 Å². The second-order valence-corrected chi connectivity index (χ2v) is 8.76. The van der Waals surface area contributed by atoms with Gasteiger partial charge in [0.15, 0.2) is 5.16 Å². The van der Waals surface area contributed by atoms with Gasteiger partial charge in [0.25, 0.3) is 5.56 Å². The summed E-state index contributed by atoms with van der Waals surface area (Å²) in [5, 5.41) is 1.32. The average Bonchev–Trinajstić information content (AvgIpc) is 3.24. The lowest BCUT2D eigenvalue weighted by Crippen LogP contribution is -2.22. The standard InChI is InChI=1S/C24H22N2O3S2/c1-3-12-26-23(27)20-16-21(17-8-5-4-6-9-17)31-22(20)25-24(26)30-14-13-29-19-11-7-10-18(15-19)28-2/h3-11,15-16H,1,12-14H2,2H3. The van der Waals surface area contributed by atoms with Crippen molar-refractivity contribution >= 4 is 33.3 Å². The number of aromatic nitrogens is 2. The van der Waals surface area contributed by atoms with Crippen LogP contribution in [0.2, 0.25) is 0 Å². The first-order valence-corrected chi connectivity index (χ1v) is 11.6. The summed E-state index contributed by atoms with van der Waals surface area (Å²) >= 11 is 3.04. The molecule has 5 nitrogen and oxygen atoms in total. The predicted molar refractivity (Wildman–Crippen MR) is 129 cm³/mol. The number of fused-ring (bicyclic) bond motifs is 1. The molecular weight excluding hydrogens is 428 g/mol. The Morgan fingerprint density at radius 1 is 1.13 bits per heavy atom. The third-order valence-corrected chi connectivity index (χ3v) is 6.63. The van der Waals surface area contributed by atoms with E-state index in [-0.39, 0.29) is 5.56 Å². The van der Waals surface area contributed by atoms with Crippen molar-refractivity contribution in [3.8, 4) is 21.9 Å². The summed E-state index contributed by atoms with van der Waals surface area (Å²) in [5.41, 5.74) is 1.04. The first kappa shape index (κ1) is 21.2. The molecule has 2 aromatic carbocycles. The van der Waals surface area contributed by atoms with Gasteiger partial charge in [0.1, 0.15) is 16.3 Å². The van der Waals surface area contributed by atoms with Crippen LogP contribution in [0, 0.1) is 0 Å². The average molecular weight is 451 g/mol. The van der Waals surface area contributed by atoms with Crippen LogP contribution in [0.5, 0.6) is 11.5 Å². The number of allylic oxidation sites excluding steroid dienone is 1. The van der Waals surface area contributed by atoms with Gasteiger partial charge in [0.2, 0.25) is 0 Å². The molecule has 0 atom stereocenters. The minimum atomic E-state index is -0.0421. The summed E-state index contributed by atoms with van der Waals surface area (Å²) in [4.78, 5) is 19.7. The van der Waals surface area contributed by atoms with Crippen molar-refractivity contribution in [2.75, 3.05) is 19.5 Å². The normalized spacial score (nSPS) is 10.9. The van der Waals surface area contributed by atoms with Gasteiger partial charge in [-0.2, -0.15) is 0 Å². The molecule has 0 fully saturated rings. The van der Waals surface area contributed by atoms with Crippen molar-refractivity contribution in [3.63, 3.8) is 0 Å². The fraction of sp³-hybridized carbons (Fsp3) is 0.167. The number of rotatable bonds is 9. The van der Waals surface area contributed by atoms with Crippen molar-refractivity contribution in [2.24, 2.45) is 0 Å². The maximum Gasteiger partial charge on any atom is 0.263 e. The van der Waals surface area contributed by atoms with E-state index < -0.39 is 0 Å². The molecule has 0 saturated carbocycles. The molecule has 0 N–H and O–H groups in total. The molecule has 0 saturated heterocycles. The van der Waals surface area contributed by atoms with Crippen LogP contribution >= 0.6 is 23.1 Å². The van der Waals surface area contributed by atoms with E-state index in [9.17, 15) is 4.79 Å². The highest BCUT2D eigenvalue weighted by molar-refractivity contribution is 7.99. The molecule has 0 bridgehead atoms. The first-order chi connectivity index (χ1) is 15.2. The number of thiophene rings is 1. The molecule has 0 spiro atoms. The molecule has 2 aromatic heterocycles. The molecule has 0 amide bonds. The van der Waals surface area contributed by atoms with Crippen molar-refractivity contribution in [2.45, 2.75) is 11.7 Å². The van der Waals surface area contributed by atoms with E-state index >= 15 is 0 Å². The topological polar surface area (TPSA) is 53.4 Å². The lowest BCUT2D eigenvalue weighted by molar-refractivity contribution is 0.339. The molecule has 4 rings (SSSR count). The molecule has 31 heavy (non-hydrogen) atoms. The van der Waals surface area contributed by atoms with Crippen LogP contribution in [0.3, 0.4) is 0 Å². The van der Waals surface area contributed by atoms with Crippen LogP contribution in [0.15, 0.2) is 83.3 Å². The van der Waals surface area contributed by atoms with E-state index in [2.05, 4.69) is 6.58 Å². The summed E-state index contributed by atoms with van der Waals surface area (Å²) in [5.74, 6) is 2.16. The highest BCUT2D eigenvalue weighted by Crippen LogP contribution is 2.32. The van der Waals surface area contributed by atoms with Crippen LogP contribution in [-0.2, 0) is 6.54 Å². The van der Waals surface area contributed by atoms with E-state index in [4.69, 9.17) is 14.5 Å². The number of benzene rings is 2. The third-order valence-electron chi connectivity index (χ3n) is 4.61. The van der Waals surface area contributed by atoms with E-state index in [1.165, 1.54) is 23.1 Å². The maximum absolute atomic E-state index is 13.1. The fourth-order valence-electron chi connectivity index (χ4n) is 3.13. The van der Waals surface area contributed by atoms with Gasteiger partial charge in [-0.1, -0.05) is 54.2 Å². The van der Waals surface area contributed by atoms with Crippen LogP contribution in [0.1, 0.15) is 0 Å². The molecule has 4 aromatic rings. The molecule has 0 aliphatic rings. The summed E-state index contributed by atoms with van der Waals surface area (Å²) < 4.78 is 12.7. The quantitative estimate of drug-likeness (QED) is 0.146. The Balaban J connectivity index is 1.55. The summed E-state index contributed by atoms with van der Waals surface area (Å²) in [6.07, 6.45) is 1.72. The zero-order valence-corrected chi connectivity index (χ0v) is 18.7. The van der Waals surface area contributed by atoms with Crippen LogP contribution in [0.25, 0.3) is 20.7 Å². The van der Waals surface area contributed by atoms with E-state index in [0.29, 0.717) is 29.4 Å². The third kappa shape index (κ3) is 4.84. The second-order valence-electron chi connectivity index (χ2n) is 6.67. The summed E-state index contributed by atoms with van der Waals surface area (Å²) in [7, 11) is 1.63. The fourth-order valence-corrected chi connectivity index (χ4v) is 5.03. The zero-order valence-electron chi connectivity index (χ0n) is 17.1. The van der Waals surface area contributed by atoms with Crippen LogP contribution in [-0.4, -0.2) is 29.0 Å². The summed E-state index contributed by atoms with van der Waals surface area (Å²) in [6, 6.07) is 19.5.